The van der Waals surface area contributed by atoms with E-state index in [1.165, 1.54) is 5.56 Å². The Morgan fingerprint density at radius 3 is 2.53 bits per heavy atom. The molecule has 0 fully saturated rings. The van der Waals surface area contributed by atoms with E-state index in [0.717, 1.165) is 40.7 Å². The van der Waals surface area contributed by atoms with E-state index in [1.807, 2.05) is 71.6 Å². The molecule has 0 radical (unpaired) electrons. The maximum Gasteiger partial charge on any atom is 0.259 e. The molecule has 0 saturated carbocycles. The van der Waals surface area contributed by atoms with Gasteiger partial charge in [0, 0.05) is 23.2 Å². The van der Waals surface area contributed by atoms with E-state index in [1.54, 1.807) is 14.2 Å². The maximum absolute atomic E-state index is 13.8. The van der Waals surface area contributed by atoms with Gasteiger partial charge in [-0.3, -0.25) is 4.79 Å². The van der Waals surface area contributed by atoms with E-state index in [0.29, 0.717) is 23.6 Å². The van der Waals surface area contributed by atoms with Crippen molar-refractivity contribution in [3.05, 3.63) is 83.9 Å². The van der Waals surface area contributed by atoms with Crippen LogP contribution in [0.15, 0.2) is 72.8 Å². The average Bonchev–Trinajstić information content (AvgIpc) is 2.86. The normalized spacial score (nSPS) is 13.0. The fraction of sp³-hybridized carbons (Fsp3) is 0.185. The van der Waals surface area contributed by atoms with Gasteiger partial charge in [-0.2, -0.15) is 0 Å². The molecule has 5 nitrogen and oxygen atoms in total. The molecule has 1 aromatic heterocycles. The van der Waals surface area contributed by atoms with Gasteiger partial charge in [-0.1, -0.05) is 36.4 Å². The summed E-state index contributed by atoms with van der Waals surface area (Å²) in [7, 11) is 3.22. The van der Waals surface area contributed by atoms with Gasteiger partial charge < -0.3 is 14.4 Å². The van der Waals surface area contributed by atoms with Crippen LogP contribution >= 0.6 is 0 Å². The Balaban J connectivity index is 1.65. The summed E-state index contributed by atoms with van der Waals surface area (Å²) in [5.41, 5.74) is 5.23. The second-order valence-electron chi connectivity index (χ2n) is 7.83. The highest BCUT2D eigenvalue weighted by Crippen LogP contribution is 2.34. The zero-order valence-electron chi connectivity index (χ0n) is 18.2. The molecule has 3 aromatic carbocycles. The van der Waals surface area contributed by atoms with E-state index in [-0.39, 0.29) is 5.91 Å². The second kappa shape index (κ2) is 8.35. The van der Waals surface area contributed by atoms with Crippen molar-refractivity contribution in [3.63, 3.8) is 0 Å². The number of pyridine rings is 1. The molecule has 5 heteroatoms. The number of hydrogen-bond acceptors (Lipinski definition) is 4. The average molecular weight is 425 g/mol. The van der Waals surface area contributed by atoms with Gasteiger partial charge in [0.15, 0.2) is 11.5 Å². The monoisotopic (exact) mass is 424 g/mol. The summed E-state index contributed by atoms with van der Waals surface area (Å²) in [6.45, 7) is 0.707. The van der Waals surface area contributed by atoms with Gasteiger partial charge >= 0.3 is 0 Å². The molecule has 0 spiro atoms. The van der Waals surface area contributed by atoms with Crippen LogP contribution in [0.25, 0.3) is 22.2 Å². The molecule has 0 N–H and O–H groups in total. The molecule has 0 unspecified atom stereocenters. The number of nitrogens with zero attached hydrogens (tertiary/aromatic N) is 2. The van der Waals surface area contributed by atoms with E-state index in [2.05, 4.69) is 6.07 Å². The molecule has 0 aliphatic carbocycles. The van der Waals surface area contributed by atoms with Crippen molar-refractivity contribution >= 4 is 22.5 Å². The van der Waals surface area contributed by atoms with Gasteiger partial charge in [0.1, 0.15) is 0 Å². The molecule has 32 heavy (non-hydrogen) atoms. The van der Waals surface area contributed by atoms with E-state index >= 15 is 0 Å². The Labute approximate surface area is 187 Å². The van der Waals surface area contributed by atoms with Crippen LogP contribution in [0.3, 0.4) is 0 Å². The SMILES string of the molecule is COc1ccc(-c2cc(C(=O)N3CCCc4ccccc43)c3ccccc3n2)cc1OC. The number of rotatable bonds is 4. The van der Waals surface area contributed by atoms with Gasteiger partial charge in [-0.25, -0.2) is 4.98 Å². The number of fused-ring (bicyclic) bond motifs is 2. The van der Waals surface area contributed by atoms with Crippen molar-refractivity contribution < 1.29 is 14.3 Å². The highest BCUT2D eigenvalue weighted by molar-refractivity contribution is 6.14. The number of aromatic nitrogens is 1. The quantitative estimate of drug-likeness (QED) is 0.433. The first kappa shape index (κ1) is 20.1. The summed E-state index contributed by atoms with van der Waals surface area (Å²) >= 11 is 0. The summed E-state index contributed by atoms with van der Waals surface area (Å²) in [6.07, 6.45) is 1.95. The Bertz CT molecular complexity index is 1320. The fourth-order valence-corrected chi connectivity index (χ4v) is 4.39. The highest BCUT2D eigenvalue weighted by Gasteiger charge is 2.25. The predicted molar refractivity (Wildman–Crippen MR) is 127 cm³/mol. The molecule has 4 aromatic rings. The van der Waals surface area contributed by atoms with E-state index in [9.17, 15) is 4.79 Å². The number of hydrogen-bond donors (Lipinski definition) is 0. The zero-order chi connectivity index (χ0) is 22.1. The Hall–Kier alpha value is -3.86. The minimum Gasteiger partial charge on any atom is -0.493 e. The molecule has 0 bridgehead atoms. The van der Waals surface area contributed by atoms with Crippen LogP contribution in [0, 0.1) is 0 Å². The lowest BCUT2D eigenvalue weighted by Gasteiger charge is -2.30. The summed E-state index contributed by atoms with van der Waals surface area (Å²) < 4.78 is 10.8. The number of carbonyl (C=O) groups excluding carboxylic acids is 1. The topological polar surface area (TPSA) is 51.7 Å². The highest BCUT2D eigenvalue weighted by atomic mass is 16.5. The summed E-state index contributed by atoms with van der Waals surface area (Å²) in [4.78, 5) is 20.6. The molecule has 1 aliphatic heterocycles. The first-order valence-electron chi connectivity index (χ1n) is 10.7. The van der Waals surface area contributed by atoms with Crippen molar-refractivity contribution in [2.75, 3.05) is 25.7 Å². The Kier molecular flexibility index (Phi) is 5.23. The molecular weight excluding hydrogens is 400 g/mol. The zero-order valence-corrected chi connectivity index (χ0v) is 18.2. The van der Waals surface area contributed by atoms with Gasteiger partial charge in [-0.05, 0) is 54.8 Å². The smallest absolute Gasteiger partial charge is 0.259 e. The lowest BCUT2D eigenvalue weighted by atomic mass is 9.99. The van der Waals surface area contributed by atoms with Crippen LogP contribution in [0.4, 0.5) is 5.69 Å². The van der Waals surface area contributed by atoms with E-state index < -0.39 is 0 Å². The Morgan fingerprint density at radius 1 is 0.906 bits per heavy atom. The lowest BCUT2D eigenvalue weighted by molar-refractivity contribution is 0.0986. The maximum atomic E-state index is 13.8. The third kappa shape index (κ3) is 3.46. The minimum atomic E-state index is -0.00234. The van der Waals surface area contributed by atoms with Crippen LogP contribution in [0.1, 0.15) is 22.3 Å². The van der Waals surface area contributed by atoms with Crippen molar-refractivity contribution in [1.82, 2.24) is 4.98 Å². The first-order chi connectivity index (χ1) is 15.7. The third-order valence-electron chi connectivity index (χ3n) is 5.98. The van der Waals surface area contributed by atoms with Gasteiger partial charge in [0.25, 0.3) is 5.91 Å². The van der Waals surface area contributed by atoms with Crippen LogP contribution in [0.5, 0.6) is 11.5 Å². The fourth-order valence-electron chi connectivity index (χ4n) is 4.39. The van der Waals surface area contributed by atoms with Crippen LogP contribution in [0.2, 0.25) is 0 Å². The molecule has 5 rings (SSSR count). The number of amides is 1. The van der Waals surface area contributed by atoms with Crippen molar-refractivity contribution in [3.8, 4) is 22.8 Å². The molecule has 1 aliphatic rings. The van der Waals surface area contributed by atoms with Gasteiger partial charge in [-0.15, -0.1) is 0 Å². The molecule has 2 heterocycles. The molecule has 160 valence electrons. The number of carbonyl (C=O) groups is 1. The molecular formula is C27H24N2O3. The van der Waals surface area contributed by atoms with Gasteiger partial charge in [0.05, 0.1) is 31.0 Å². The predicted octanol–water partition coefficient (Wildman–Crippen LogP) is 5.51. The molecule has 0 saturated heterocycles. The summed E-state index contributed by atoms with van der Waals surface area (Å²) in [5.74, 6) is 1.27. The first-order valence-corrected chi connectivity index (χ1v) is 10.7. The second-order valence-corrected chi connectivity index (χ2v) is 7.83. The number of para-hydroxylation sites is 2. The standard InChI is InChI=1S/C27H24N2O3/c1-31-25-14-13-19(16-26(25)32-2)23-17-21(20-10-4-5-11-22(20)28-23)27(30)29-15-7-9-18-8-3-6-12-24(18)29/h3-6,8,10-14,16-17H,7,9,15H2,1-2H3. The summed E-state index contributed by atoms with van der Waals surface area (Å²) in [5, 5.41) is 0.852. The van der Waals surface area contributed by atoms with E-state index in [4.69, 9.17) is 14.5 Å². The number of anilines is 1. The third-order valence-corrected chi connectivity index (χ3v) is 5.98. The number of aryl methyl sites for hydroxylation is 1. The minimum absolute atomic E-state index is 0.00234. The number of ether oxygens (including phenoxy) is 2. The molecule has 1 amide bonds. The number of benzene rings is 3. The van der Waals surface area contributed by atoms with Crippen LogP contribution in [-0.2, 0) is 6.42 Å². The summed E-state index contributed by atoms with van der Waals surface area (Å²) in [6, 6.07) is 23.5. The van der Waals surface area contributed by atoms with Crippen LogP contribution < -0.4 is 14.4 Å². The van der Waals surface area contributed by atoms with Crippen LogP contribution in [-0.4, -0.2) is 31.7 Å². The molecule has 0 atom stereocenters. The van der Waals surface area contributed by atoms with Crippen molar-refractivity contribution in [1.29, 1.82) is 0 Å². The largest absolute Gasteiger partial charge is 0.493 e. The number of methoxy groups -OCH3 is 2. The van der Waals surface area contributed by atoms with Crippen molar-refractivity contribution in [2.24, 2.45) is 0 Å². The Morgan fingerprint density at radius 2 is 1.69 bits per heavy atom. The lowest BCUT2D eigenvalue weighted by Crippen LogP contribution is -2.35. The van der Waals surface area contributed by atoms with Gasteiger partial charge in [0.2, 0.25) is 0 Å². The van der Waals surface area contributed by atoms with Crippen molar-refractivity contribution in [2.45, 2.75) is 12.8 Å².